The molecule has 1 fully saturated rings. The van der Waals surface area contributed by atoms with Crippen molar-refractivity contribution in [1.82, 2.24) is 19.7 Å². The summed E-state index contributed by atoms with van der Waals surface area (Å²) in [4.78, 5) is 13.8. The summed E-state index contributed by atoms with van der Waals surface area (Å²) in [5.74, 6) is 1.05. The largest absolute Gasteiger partial charge is 0.354 e. The molecule has 0 saturated carbocycles. The van der Waals surface area contributed by atoms with Gasteiger partial charge in [-0.3, -0.25) is 4.68 Å². The van der Waals surface area contributed by atoms with Crippen molar-refractivity contribution in [3.8, 4) is 10.4 Å². The fraction of sp³-hybridized carbons (Fsp3) is 0.250. The smallest absolute Gasteiger partial charge is 0.140 e. The molecule has 1 atom stereocenters. The van der Waals surface area contributed by atoms with Crippen LogP contribution in [0.15, 0.2) is 61.2 Å². The topological polar surface area (TPSA) is 46.8 Å². The van der Waals surface area contributed by atoms with Gasteiger partial charge in [-0.2, -0.15) is 5.10 Å². The van der Waals surface area contributed by atoms with Crippen molar-refractivity contribution in [1.29, 1.82) is 0 Å². The van der Waals surface area contributed by atoms with Gasteiger partial charge in [0, 0.05) is 30.4 Å². The number of hydrogen-bond acceptors (Lipinski definition) is 5. The quantitative estimate of drug-likeness (QED) is 0.543. The summed E-state index contributed by atoms with van der Waals surface area (Å²) in [6.45, 7) is 1.96. The average molecular weight is 361 g/mol. The van der Waals surface area contributed by atoms with E-state index in [2.05, 4.69) is 61.2 Å². The van der Waals surface area contributed by atoms with Crippen LogP contribution in [-0.4, -0.2) is 32.8 Å². The van der Waals surface area contributed by atoms with Gasteiger partial charge in [0.1, 0.15) is 17.0 Å². The third-order valence-electron chi connectivity index (χ3n) is 4.96. The Morgan fingerprint density at radius 3 is 2.85 bits per heavy atom. The second-order valence-corrected chi connectivity index (χ2v) is 7.65. The summed E-state index contributed by atoms with van der Waals surface area (Å²) in [6, 6.07) is 15.1. The SMILES string of the molecule is c1ccc(-c2cc3c(N4CCCC(n5cccn5)C4)ncnc3s2)cc1. The van der Waals surface area contributed by atoms with Gasteiger partial charge in [-0.05, 0) is 30.5 Å². The summed E-state index contributed by atoms with van der Waals surface area (Å²) in [5, 5.41) is 5.58. The molecule has 6 heteroatoms. The van der Waals surface area contributed by atoms with Gasteiger partial charge in [-0.15, -0.1) is 11.3 Å². The highest BCUT2D eigenvalue weighted by atomic mass is 32.1. The lowest BCUT2D eigenvalue weighted by molar-refractivity contribution is 0.375. The highest BCUT2D eigenvalue weighted by Gasteiger charge is 2.24. The summed E-state index contributed by atoms with van der Waals surface area (Å²) >= 11 is 1.73. The first-order valence-electron chi connectivity index (χ1n) is 8.92. The van der Waals surface area contributed by atoms with Gasteiger partial charge < -0.3 is 4.90 Å². The maximum Gasteiger partial charge on any atom is 0.140 e. The van der Waals surface area contributed by atoms with Crippen molar-refractivity contribution < 1.29 is 0 Å². The molecule has 0 N–H and O–H groups in total. The van der Waals surface area contributed by atoms with Crippen molar-refractivity contribution in [2.45, 2.75) is 18.9 Å². The Bertz CT molecular complexity index is 1010. The Hall–Kier alpha value is -2.73. The molecule has 4 heterocycles. The predicted octanol–water partition coefficient (Wildman–Crippen LogP) is 4.40. The minimum atomic E-state index is 0.399. The summed E-state index contributed by atoms with van der Waals surface area (Å²) in [7, 11) is 0. The first kappa shape index (κ1) is 15.5. The number of hydrogen-bond donors (Lipinski definition) is 0. The zero-order valence-corrected chi connectivity index (χ0v) is 15.1. The van der Waals surface area contributed by atoms with E-state index in [0.717, 1.165) is 42.0 Å². The molecule has 1 saturated heterocycles. The molecule has 4 aromatic rings. The van der Waals surface area contributed by atoms with Crippen LogP contribution in [0.2, 0.25) is 0 Å². The second kappa shape index (κ2) is 6.53. The monoisotopic (exact) mass is 361 g/mol. The van der Waals surface area contributed by atoms with Gasteiger partial charge >= 0.3 is 0 Å². The van der Waals surface area contributed by atoms with Crippen LogP contribution in [0.1, 0.15) is 18.9 Å². The van der Waals surface area contributed by atoms with Gasteiger partial charge in [0.05, 0.1) is 11.4 Å². The van der Waals surface area contributed by atoms with Gasteiger partial charge in [0.15, 0.2) is 0 Å². The number of anilines is 1. The van der Waals surface area contributed by atoms with Crippen molar-refractivity contribution in [2.75, 3.05) is 18.0 Å². The summed E-state index contributed by atoms with van der Waals surface area (Å²) in [5.41, 5.74) is 1.23. The van der Waals surface area contributed by atoms with E-state index >= 15 is 0 Å². The van der Waals surface area contributed by atoms with E-state index in [9.17, 15) is 0 Å². The fourth-order valence-electron chi connectivity index (χ4n) is 3.70. The van der Waals surface area contributed by atoms with E-state index in [1.54, 1.807) is 17.7 Å². The zero-order valence-electron chi connectivity index (χ0n) is 14.3. The van der Waals surface area contributed by atoms with Crippen molar-refractivity contribution in [3.05, 3.63) is 61.2 Å². The molecule has 5 rings (SSSR count). The van der Waals surface area contributed by atoms with Crippen LogP contribution in [0.5, 0.6) is 0 Å². The molecule has 26 heavy (non-hydrogen) atoms. The molecule has 1 aliphatic heterocycles. The molecule has 0 amide bonds. The minimum Gasteiger partial charge on any atom is -0.354 e. The molecule has 0 radical (unpaired) electrons. The maximum absolute atomic E-state index is 4.65. The molecular formula is C20H19N5S. The molecule has 1 unspecified atom stereocenters. The van der Waals surface area contributed by atoms with Crippen molar-refractivity contribution in [3.63, 3.8) is 0 Å². The first-order valence-corrected chi connectivity index (χ1v) is 9.74. The normalized spacial score (nSPS) is 17.7. The Morgan fingerprint density at radius 2 is 2.00 bits per heavy atom. The number of piperidine rings is 1. The molecular weight excluding hydrogens is 342 g/mol. The standard InChI is InChI=1S/C20H19N5S/c1-2-6-15(7-3-1)18-12-17-19(21-14-22-20(17)26-18)24-10-4-8-16(13-24)25-11-5-9-23-25/h1-3,5-7,9,11-12,14,16H,4,8,10,13H2. The van der Waals surface area contributed by atoms with Crippen LogP contribution in [0, 0.1) is 0 Å². The van der Waals surface area contributed by atoms with E-state index in [-0.39, 0.29) is 0 Å². The van der Waals surface area contributed by atoms with E-state index < -0.39 is 0 Å². The average Bonchev–Trinajstić information content (AvgIpc) is 3.38. The Balaban J connectivity index is 1.51. The van der Waals surface area contributed by atoms with E-state index in [1.165, 1.54) is 10.4 Å². The molecule has 1 aliphatic rings. The lowest BCUT2D eigenvalue weighted by atomic mass is 10.1. The van der Waals surface area contributed by atoms with Gasteiger partial charge in [0.25, 0.3) is 0 Å². The van der Waals surface area contributed by atoms with Crippen LogP contribution in [-0.2, 0) is 0 Å². The van der Waals surface area contributed by atoms with Gasteiger partial charge in [-0.25, -0.2) is 9.97 Å². The Kier molecular flexibility index (Phi) is 3.90. The van der Waals surface area contributed by atoms with Gasteiger partial charge in [-0.1, -0.05) is 30.3 Å². The van der Waals surface area contributed by atoms with Crippen LogP contribution in [0.4, 0.5) is 5.82 Å². The molecule has 0 spiro atoms. The zero-order chi connectivity index (χ0) is 17.3. The third kappa shape index (κ3) is 2.76. The minimum absolute atomic E-state index is 0.399. The summed E-state index contributed by atoms with van der Waals surface area (Å²) < 4.78 is 2.08. The molecule has 3 aromatic heterocycles. The number of aromatic nitrogens is 4. The van der Waals surface area contributed by atoms with Crippen molar-refractivity contribution in [2.24, 2.45) is 0 Å². The number of nitrogens with zero attached hydrogens (tertiary/aromatic N) is 5. The van der Waals surface area contributed by atoms with E-state index in [1.807, 2.05) is 18.3 Å². The van der Waals surface area contributed by atoms with Crippen LogP contribution in [0.3, 0.4) is 0 Å². The first-order chi connectivity index (χ1) is 12.9. The molecule has 0 bridgehead atoms. The lowest BCUT2D eigenvalue weighted by Crippen LogP contribution is -2.37. The third-order valence-corrected chi connectivity index (χ3v) is 6.05. The molecule has 5 nitrogen and oxygen atoms in total. The summed E-state index contributed by atoms with van der Waals surface area (Å²) in [6.07, 6.45) is 7.91. The lowest BCUT2D eigenvalue weighted by Gasteiger charge is -2.33. The van der Waals surface area contributed by atoms with Crippen LogP contribution in [0.25, 0.3) is 20.7 Å². The molecule has 0 aliphatic carbocycles. The van der Waals surface area contributed by atoms with E-state index in [0.29, 0.717) is 6.04 Å². The second-order valence-electron chi connectivity index (χ2n) is 6.62. The maximum atomic E-state index is 4.65. The molecule has 130 valence electrons. The fourth-order valence-corrected chi connectivity index (χ4v) is 4.70. The Morgan fingerprint density at radius 1 is 1.08 bits per heavy atom. The Labute approximate surface area is 155 Å². The van der Waals surface area contributed by atoms with E-state index in [4.69, 9.17) is 0 Å². The van der Waals surface area contributed by atoms with Crippen LogP contribution >= 0.6 is 11.3 Å². The molecule has 1 aromatic carbocycles. The highest BCUT2D eigenvalue weighted by molar-refractivity contribution is 7.21. The van der Waals surface area contributed by atoms with Crippen molar-refractivity contribution >= 4 is 27.4 Å². The highest BCUT2D eigenvalue weighted by Crippen LogP contribution is 2.37. The predicted molar refractivity (Wildman–Crippen MR) is 106 cm³/mol. The number of fused-ring (bicyclic) bond motifs is 1. The van der Waals surface area contributed by atoms with Gasteiger partial charge in [0.2, 0.25) is 0 Å². The number of benzene rings is 1. The van der Waals surface area contributed by atoms with Crippen LogP contribution < -0.4 is 4.90 Å². The number of rotatable bonds is 3. The number of thiophene rings is 1.